The van der Waals surface area contributed by atoms with Crippen LogP contribution in [-0.2, 0) is 146 Å². The maximum absolute atomic E-state index is 16.0. The van der Waals surface area contributed by atoms with Crippen LogP contribution in [0.2, 0.25) is 0 Å². The zero-order chi connectivity index (χ0) is 93.1. The summed E-state index contributed by atoms with van der Waals surface area (Å²) < 4.78 is 187. The number of pyridine rings is 1. The van der Waals surface area contributed by atoms with E-state index in [9.17, 15) is 43.4 Å². The van der Waals surface area contributed by atoms with Crippen LogP contribution in [0.25, 0.3) is 55.8 Å². The molecule has 53 nitrogen and oxygen atoms in total. The van der Waals surface area contributed by atoms with Crippen LogP contribution in [0.15, 0.2) is 94.8 Å². The predicted molar refractivity (Wildman–Crippen MR) is 472 cm³/mol. The van der Waals surface area contributed by atoms with E-state index in [4.69, 9.17) is 176 Å². The van der Waals surface area contributed by atoms with Crippen molar-refractivity contribution in [3.05, 3.63) is 123 Å². The van der Waals surface area contributed by atoms with E-state index < -0.39 is 219 Å². The number of alkyl halides is 4. The Morgan fingerprint density at radius 1 is 0.421 bits per heavy atom. The lowest BCUT2D eigenvalue weighted by atomic mass is 10.1. The molecule has 0 aromatic carbocycles. The van der Waals surface area contributed by atoms with Crippen molar-refractivity contribution in [1.82, 2.24) is 97.3 Å². The number of nitrogens with two attached hydrogens (primary N) is 6. The standard InChI is InChI=1S/C21H22F2N8O9P2S2.2C21H24FN9O9P2S2.CH4/c22-10-9-5-35-41(33,43)39-14-11(23)18(30-4-2-7-8(24)1-3-26-15(7)30)37-20(14)40-42(34,44)38-13(10)19(36-9)31-6-27-12-16(31)28-21(25)29-17(12)32;22-14-12-6-36-41(33,43)39-10-3-9(8-4-27-31-13(23)1-2-25-17(8)31)37-11(10)5-35-42(34,44)40-16(14)20(38-12)30-7-26-15-18(30)28-21(24)29-19(15)32;22-14-13-6-36-41(33,43)39-11-3-10(9-4-25-17-8(23)1-2-27-31(9)17)37-12(11)5-35-42(34,44)40-16(14)20(38-13)30-7-26-15-18(30)28-21(24)29-19(15)32;/h1-4,6,9-11,13-14,18-20H,5H2,(H2,24,26)(H,33,43)(H,34,44)(H3,25,28,29,32);1-2,4,7,9-12,14,16,20H,3,5-6,23H2,(H,33,43)(H,34,44)(H3,24,28,29,32);1-2,4,7,10-14,16,20H,3,5-6,23H2,(H,33,43)(H,34,44)(H3,24,28,29,32);1H4/t9-,10-,11+,13-,14+,18-,19-,20-,41?,42?;9-,10+,11-,12-,14-,16-,20-,41?,42?;10-,11+,12-,13-,14-,16-,20-,41?,42?;/m111./s1. The lowest BCUT2D eigenvalue weighted by Crippen LogP contribution is -2.36. The first-order chi connectivity index (χ1) is 62.6. The van der Waals surface area contributed by atoms with Crippen LogP contribution >= 0.6 is 52.6 Å². The number of rotatable bonds is 6. The van der Waals surface area contributed by atoms with Crippen molar-refractivity contribution < 1.29 is 129 Å². The Balaban J connectivity index is 0.000000133. The molecule has 0 radical (unpaired) electrons. The maximum atomic E-state index is 16.0. The van der Waals surface area contributed by atoms with Crippen molar-refractivity contribution in [2.24, 2.45) is 0 Å². The van der Waals surface area contributed by atoms with Gasteiger partial charge in [0, 0.05) is 48.1 Å². The van der Waals surface area contributed by atoms with Crippen molar-refractivity contribution in [1.29, 1.82) is 0 Å². The van der Waals surface area contributed by atoms with Crippen LogP contribution in [0.5, 0.6) is 0 Å². The Hall–Kier alpha value is -7.59. The fourth-order valence-corrected chi connectivity index (χ4v) is 24.7. The summed E-state index contributed by atoms with van der Waals surface area (Å²) in [5.74, 6) is -0.355. The molecule has 0 saturated carbocycles. The second kappa shape index (κ2) is 36.6. The molecular weight excluding hydrogens is 2020 g/mol. The summed E-state index contributed by atoms with van der Waals surface area (Å²) in [6.45, 7) is -28.1. The smallest absolute Gasteiger partial charge is 0.386 e. The van der Waals surface area contributed by atoms with Gasteiger partial charge in [-0.05, 0) is 83.3 Å². The van der Waals surface area contributed by atoms with E-state index in [1.54, 1.807) is 30.5 Å². The molecule has 28 atom stereocenters. The van der Waals surface area contributed by atoms with Gasteiger partial charge in [0.25, 0.3) is 16.7 Å². The molecule has 9 aliphatic heterocycles. The minimum atomic E-state index is -4.53. The summed E-state index contributed by atoms with van der Waals surface area (Å²) in [4.78, 5) is 136. The number of nitrogen functional groups attached to an aromatic ring is 6. The summed E-state index contributed by atoms with van der Waals surface area (Å²) in [5.41, 5.74) is 35.5. The van der Waals surface area contributed by atoms with Gasteiger partial charge >= 0.3 is 40.4 Å². The lowest BCUT2D eigenvalue weighted by Gasteiger charge is -2.30. The molecule has 0 amide bonds. The van der Waals surface area contributed by atoms with Crippen LogP contribution in [0.4, 0.5) is 52.6 Å². The largest absolute Gasteiger partial charge is 0.398 e. The maximum Gasteiger partial charge on any atom is 0.386 e. The molecular formula is C64H74F4N26O27P6S6. The number of imidazole rings is 4. The number of nitrogens with one attached hydrogen (secondary N) is 3. The zero-order valence-electron chi connectivity index (χ0n) is 66.1. The molecule has 6 unspecified atom stereocenters. The van der Waals surface area contributed by atoms with Gasteiger partial charge in [-0.3, -0.25) is 70.2 Å². The molecule has 12 aromatic rings. The van der Waals surface area contributed by atoms with Crippen LogP contribution in [0.3, 0.4) is 0 Å². The van der Waals surface area contributed by atoms with E-state index in [1.807, 2.05) is 0 Å². The third kappa shape index (κ3) is 19.0. The van der Waals surface area contributed by atoms with Crippen LogP contribution in [0, 0.1) is 0 Å². The molecule has 0 aliphatic carbocycles. The third-order valence-corrected chi connectivity index (χ3v) is 31.2. The van der Waals surface area contributed by atoms with Crippen molar-refractivity contribution in [3.63, 3.8) is 0 Å². The highest BCUT2D eigenvalue weighted by Crippen LogP contribution is 2.62. The highest BCUT2D eigenvalue weighted by molar-refractivity contribution is 8.44. The molecule has 69 heteroatoms. The number of aromatic nitrogens is 20. The minimum Gasteiger partial charge on any atom is -0.398 e. The van der Waals surface area contributed by atoms with Gasteiger partial charge in [-0.1, -0.05) is 19.7 Å². The third-order valence-electron chi connectivity index (χ3n) is 21.8. The van der Waals surface area contributed by atoms with E-state index in [0.717, 1.165) is 17.2 Å². The number of anilines is 6. The number of halogens is 4. The summed E-state index contributed by atoms with van der Waals surface area (Å²) in [7, 11) is 0. The van der Waals surface area contributed by atoms with Crippen LogP contribution < -0.4 is 51.1 Å². The summed E-state index contributed by atoms with van der Waals surface area (Å²) in [6, 6.07) is 6.34. The molecule has 21 heterocycles. The van der Waals surface area contributed by atoms with E-state index in [0.29, 0.717) is 45.1 Å². The second-order valence-electron chi connectivity index (χ2n) is 30.2. The van der Waals surface area contributed by atoms with Gasteiger partial charge in [0.2, 0.25) is 17.8 Å². The van der Waals surface area contributed by atoms with Gasteiger partial charge in [-0.15, -0.1) is 0 Å². The van der Waals surface area contributed by atoms with E-state index >= 15 is 17.6 Å². The summed E-state index contributed by atoms with van der Waals surface area (Å²) in [6.07, 6.45) is -19.0. The molecule has 21 rings (SSSR count). The molecule has 20 N–H and O–H groups in total. The molecule has 716 valence electrons. The Morgan fingerprint density at radius 2 is 0.865 bits per heavy atom. The number of H-pyrrole nitrogens is 3. The number of thiol groups is 1. The number of aromatic amines is 3. The highest BCUT2D eigenvalue weighted by atomic mass is 32.7. The van der Waals surface area contributed by atoms with Crippen molar-refractivity contribution in [2.75, 3.05) is 67.4 Å². The van der Waals surface area contributed by atoms with E-state index in [-0.39, 0.29) is 83.9 Å². The summed E-state index contributed by atoms with van der Waals surface area (Å²) in [5, 5.41) is 9.03. The molecule has 6 bridgehead atoms. The number of nitrogens with zero attached hydrogens (tertiary/aromatic N) is 17. The van der Waals surface area contributed by atoms with Gasteiger partial charge in [0.15, 0.2) is 107 Å². The quantitative estimate of drug-likeness (QED) is 0.0646. The van der Waals surface area contributed by atoms with Gasteiger partial charge in [-0.25, -0.2) is 56.5 Å². The average Bonchev–Trinajstić information content (AvgIpc) is 1.63. The SMILES string of the molecule is C.Nc1nc2c(ncn2[C@@H]2O[C@@H]3COP(O)(=S)O[C@@H]4[C@H](O[C@@H](n5ccc6c(N)ccnc65)[C@H]4F)OP(O)(=S)O[C@@H]2[C@@H]3F)c(=O)[nH]1.Nc1nc2c(ncn2[C@@H]2O[C@@H]3COP(O)(=S)O[C@H]4C[C@H](c5cnc6c(N)ccnn56)O[C@@H]4COP(=O)(S)O[C@@H]2[C@@H]3F)c(=O)[nH]1.Nc1nc2c(ncn2[C@@H]2O[C@@H]3COP(O)(=S)O[C@H]4C[C@H](c5cnn6c(N)ccnc56)O[C@@H]4COP(O)(=S)O[C@@H]2[C@@H]3F)c(=O)[nH]1. The first kappa shape index (κ1) is 95.7. The van der Waals surface area contributed by atoms with E-state index in [2.05, 4.69) is 82.3 Å². The monoisotopic (exact) mass is 2090 g/mol. The first-order valence-corrected chi connectivity index (χ1v) is 54.3. The average molecular weight is 2090 g/mol. The fraction of sp³-hybridized carbons (Fsp3) is 0.469. The van der Waals surface area contributed by atoms with Crippen LogP contribution in [0.1, 0.15) is 68.6 Å². The van der Waals surface area contributed by atoms with Crippen molar-refractivity contribution in [3.8, 4) is 0 Å². The van der Waals surface area contributed by atoms with Gasteiger partial charge < -0.3 is 119 Å². The van der Waals surface area contributed by atoms with Crippen molar-refractivity contribution >= 4 is 203 Å². The number of ether oxygens (including phenoxy) is 6. The molecule has 9 saturated heterocycles. The predicted octanol–water partition coefficient (Wildman–Crippen LogP) is 3.16. The normalized spacial score (nSPS) is 36.8. The Labute approximate surface area is 770 Å². The number of fused-ring (bicyclic) bond motifs is 15. The fourth-order valence-electron chi connectivity index (χ4n) is 15.9. The Morgan fingerprint density at radius 3 is 1.39 bits per heavy atom. The number of hydrogen-bond donors (Lipinski definition) is 15. The highest BCUT2D eigenvalue weighted by Gasteiger charge is 2.59. The van der Waals surface area contributed by atoms with Gasteiger partial charge in [0.05, 0.1) is 100 Å². The topological polar surface area (TPSA) is 709 Å². The van der Waals surface area contributed by atoms with E-state index in [1.165, 1.54) is 60.0 Å². The summed E-state index contributed by atoms with van der Waals surface area (Å²) >= 11 is 30.1. The molecule has 0 spiro atoms. The molecule has 12 aromatic heterocycles. The Kier molecular flexibility index (Phi) is 26.4. The number of hydrogen-bond acceptors (Lipinski definition) is 44. The first-order valence-electron chi connectivity index (χ1n) is 38.6. The van der Waals surface area contributed by atoms with Crippen LogP contribution in [-0.4, -0.2) is 253 Å². The molecule has 9 aliphatic rings. The minimum absolute atomic E-state index is 0. The zero-order valence-corrected chi connectivity index (χ0v) is 76.5. The van der Waals surface area contributed by atoms with Gasteiger partial charge in [0.1, 0.15) is 66.4 Å². The van der Waals surface area contributed by atoms with Crippen molar-refractivity contribution in [2.45, 2.75) is 156 Å². The van der Waals surface area contributed by atoms with Gasteiger partial charge in [-0.2, -0.15) is 29.7 Å². The Bertz CT molecular complexity index is 6770. The molecule has 9 fully saturated rings. The lowest BCUT2D eigenvalue weighted by molar-refractivity contribution is -0.131. The molecule has 133 heavy (non-hydrogen) atoms. The second-order valence-corrected chi connectivity index (χ2v) is 47.0.